The van der Waals surface area contributed by atoms with Crippen molar-refractivity contribution >= 4 is 22.9 Å². The first-order chi connectivity index (χ1) is 7.99. The summed E-state index contributed by atoms with van der Waals surface area (Å²) in [7, 11) is 0. The summed E-state index contributed by atoms with van der Waals surface area (Å²) >= 11 is -2.39. The third kappa shape index (κ3) is 3.01. The molecule has 94 valence electrons. The number of hydrogen-bond donors (Lipinski definition) is 2. The summed E-state index contributed by atoms with van der Waals surface area (Å²) < 4.78 is 34.8. The fourth-order valence-electron chi connectivity index (χ4n) is 1.36. The van der Waals surface area contributed by atoms with Gasteiger partial charge >= 0.3 is 5.97 Å². The zero-order valence-corrected chi connectivity index (χ0v) is 9.91. The van der Waals surface area contributed by atoms with E-state index in [2.05, 4.69) is 0 Å². The highest BCUT2D eigenvalue weighted by molar-refractivity contribution is 7.80. The Labute approximate surface area is 100 Å². The van der Waals surface area contributed by atoms with Crippen LogP contribution in [-0.4, -0.2) is 26.4 Å². The van der Waals surface area contributed by atoms with Crippen LogP contribution in [0.2, 0.25) is 0 Å². The van der Waals surface area contributed by atoms with Crippen molar-refractivity contribution in [2.45, 2.75) is 13.3 Å². The van der Waals surface area contributed by atoms with Crippen LogP contribution in [-0.2, 0) is 11.3 Å². The van der Waals surface area contributed by atoms with Crippen molar-refractivity contribution < 1.29 is 23.1 Å². The Bertz CT molecular complexity index is 452. The summed E-state index contributed by atoms with van der Waals surface area (Å²) in [4.78, 5) is 10.7. The fourth-order valence-corrected chi connectivity index (χ4v) is 2.01. The molecule has 5 nitrogen and oxygen atoms in total. The normalized spacial score (nSPS) is 12.2. The van der Waals surface area contributed by atoms with E-state index in [1.165, 1.54) is 12.1 Å². The number of carboxylic acids is 1. The zero-order chi connectivity index (χ0) is 13.0. The molecule has 7 heteroatoms. The monoisotopic (exact) mass is 261 g/mol. The highest BCUT2D eigenvalue weighted by Crippen LogP contribution is 2.23. The standard InChI is InChI=1S/C10H12FNO4S/c1-2-6-12(17(15)16)8-5-3-4-7(9(8)11)10(13)14/h3-5H,2,6H2,1H3,(H,13,14)(H,15,16). The van der Waals surface area contributed by atoms with Crippen molar-refractivity contribution in [1.82, 2.24) is 0 Å². The molecule has 0 aliphatic carbocycles. The van der Waals surface area contributed by atoms with E-state index in [0.29, 0.717) is 6.42 Å². The molecule has 0 bridgehead atoms. The van der Waals surface area contributed by atoms with Crippen molar-refractivity contribution in [3.63, 3.8) is 0 Å². The van der Waals surface area contributed by atoms with Crippen molar-refractivity contribution in [3.05, 3.63) is 29.6 Å². The van der Waals surface area contributed by atoms with Crippen LogP contribution < -0.4 is 4.31 Å². The number of aromatic carboxylic acids is 1. The number of hydrogen-bond acceptors (Lipinski definition) is 2. The largest absolute Gasteiger partial charge is 0.478 e. The Morgan fingerprint density at radius 2 is 2.18 bits per heavy atom. The lowest BCUT2D eigenvalue weighted by Crippen LogP contribution is -2.27. The Morgan fingerprint density at radius 3 is 2.65 bits per heavy atom. The highest BCUT2D eigenvalue weighted by Gasteiger charge is 2.20. The lowest BCUT2D eigenvalue weighted by atomic mass is 10.2. The number of benzene rings is 1. The minimum absolute atomic E-state index is 0.156. The Kier molecular flexibility index (Phi) is 4.59. The van der Waals surface area contributed by atoms with Gasteiger partial charge in [-0.15, -0.1) is 0 Å². The lowest BCUT2D eigenvalue weighted by molar-refractivity contribution is 0.0692. The van der Waals surface area contributed by atoms with Crippen molar-refractivity contribution in [3.8, 4) is 0 Å². The van der Waals surface area contributed by atoms with E-state index in [4.69, 9.17) is 9.66 Å². The van der Waals surface area contributed by atoms with Crippen LogP contribution in [0.25, 0.3) is 0 Å². The molecule has 0 aliphatic heterocycles. The van der Waals surface area contributed by atoms with Crippen LogP contribution in [0.4, 0.5) is 10.1 Å². The average Bonchev–Trinajstić information content (AvgIpc) is 2.26. The molecular formula is C10H12FNO4S. The van der Waals surface area contributed by atoms with E-state index in [-0.39, 0.29) is 12.2 Å². The maximum absolute atomic E-state index is 13.8. The molecule has 0 saturated carbocycles. The number of rotatable bonds is 5. The van der Waals surface area contributed by atoms with Crippen LogP contribution in [0.3, 0.4) is 0 Å². The number of anilines is 1. The van der Waals surface area contributed by atoms with E-state index in [1.54, 1.807) is 6.92 Å². The van der Waals surface area contributed by atoms with Gasteiger partial charge in [0, 0.05) is 6.54 Å². The van der Waals surface area contributed by atoms with Crippen molar-refractivity contribution in [2.75, 3.05) is 10.8 Å². The molecular weight excluding hydrogens is 249 g/mol. The van der Waals surface area contributed by atoms with Gasteiger partial charge in [-0.05, 0) is 18.6 Å². The maximum Gasteiger partial charge on any atom is 0.338 e. The summed E-state index contributed by atoms with van der Waals surface area (Å²) in [5.41, 5.74) is -0.707. The Hall–Kier alpha value is -1.47. The number of halogens is 1. The van der Waals surface area contributed by atoms with Crippen LogP contribution >= 0.6 is 0 Å². The van der Waals surface area contributed by atoms with Crippen molar-refractivity contribution in [2.24, 2.45) is 0 Å². The van der Waals surface area contributed by atoms with Crippen LogP contribution in [0.5, 0.6) is 0 Å². The van der Waals surface area contributed by atoms with Gasteiger partial charge in [0.2, 0.25) is 0 Å². The third-order valence-corrected chi connectivity index (χ3v) is 2.85. The zero-order valence-electron chi connectivity index (χ0n) is 9.09. The molecule has 1 aromatic rings. The molecule has 1 atom stereocenters. The van der Waals surface area contributed by atoms with E-state index in [1.807, 2.05) is 0 Å². The van der Waals surface area contributed by atoms with Gasteiger partial charge in [0.15, 0.2) is 5.82 Å². The molecule has 0 fully saturated rings. The number of carboxylic acid groups (broad SMARTS) is 1. The summed E-state index contributed by atoms with van der Waals surface area (Å²) in [5, 5.41) is 8.74. The SMILES string of the molecule is CCCN(c1cccc(C(=O)O)c1F)S(=O)O. The molecule has 1 rings (SSSR count). The van der Waals surface area contributed by atoms with Gasteiger partial charge in [0.05, 0.1) is 11.3 Å². The van der Waals surface area contributed by atoms with E-state index in [0.717, 1.165) is 10.4 Å². The fraction of sp³-hybridized carbons (Fsp3) is 0.300. The van der Waals surface area contributed by atoms with Crippen molar-refractivity contribution in [1.29, 1.82) is 0 Å². The Balaban J connectivity index is 3.24. The van der Waals surface area contributed by atoms with E-state index in [9.17, 15) is 13.4 Å². The van der Waals surface area contributed by atoms with Gasteiger partial charge in [0.1, 0.15) is 0 Å². The molecule has 0 radical (unpaired) electrons. The minimum Gasteiger partial charge on any atom is -0.478 e. The van der Waals surface area contributed by atoms with E-state index < -0.39 is 28.6 Å². The van der Waals surface area contributed by atoms with E-state index >= 15 is 0 Å². The summed E-state index contributed by atoms with van der Waals surface area (Å²) in [6, 6.07) is 3.70. The topological polar surface area (TPSA) is 77.8 Å². The average molecular weight is 261 g/mol. The second-order valence-electron chi connectivity index (χ2n) is 3.28. The second-order valence-corrected chi connectivity index (χ2v) is 4.18. The smallest absolute Gasteiger partial charge is 0.338 e. The molecule has 1 unspecified atom stereocenters. The molecule has 1 aromatic carbocycles. The van der Waals surface area contributed by atoms with Crippen LogP contribution in [0, 0.1) is 5.82 Å². The third-order valence-electron chi connectivity index (χ3n) is 2.09. The molecule has 2 N–H and O–H groups in total. The number of carbonyl (C=O) groups is 1. The summed E-state index contributed by atoms with van der Waals surface area (Å²) in [6.45, 7) is 1.92. The molecule has 0 saturated heterocycles. The summed E-state index contributed by atoms with van der Waals surface area (Å²) in [5.74, 6) is -2.42. The van der Waals surface area contributed by atoms with Crippen LogP contribution in [0.15, 0.2) is 18.2 Å². The van der Waals surface area contributed by atoms with Gasteiger partial charge in [0.25, 0.3) is 11.3 Å². The van der Waals surface area contributed by atoms with Gasteiger partial charge in [-0.1, -0.05) is 13.0 Å². The molecule has 0 amide bonds. The van der Waals surface area contributed by atoms with Gasteiger partial charge in [-0.25, -0.2) is 13.4 Å². The summed E-state index contributed by atoms with van der Waals surface area (Å²) in [6.07, 6.45) is 0.531. The molecule has 0 aromatic heterocycles. The predicted molar refractivity (Wildman–Crippen MR) is 61.8 cm³/mol. The molecule has 0 aliphatic rings. The first kappa shape index (κ1) is 13.6. The molecule has 0 heterocycles. The van der Waals surface area contributed by atoms with Gasteiger partial charge in [-0.2, -0.15) is 0 Å². The maximum atomic E-state index is 13.8. The molecule has 0 spiro atoms. The minimum atomic E-state index is -2.39. The second kappa shape index (κ2) is 5.74. The number of nitrogens with zero attached hydrogens (tertiary/aromatic N) is 1. The first-order valence-electron chi connectivity index (χ1n) is 4.89. The lowest BCUT2D eigenvalue weighted by Gasteiger charge is -2.20. The quantitative estimate of drug-likeness (QED) is 0.793. The first-order valence-corrected chi connectivity index (χ1v) is 5.95. The Morgan fingerprint density at radius 1 is 1.53 bits per heavy atom. The molecule has 17 heavy (non-hydrogen) atoms. The predicted octanol–water partition coefficient (Wildman–Crippen LogP) is 1.88. The van der Waals surface area contributed by atoms with Crippen LogP contribution in [0.1, 0.15) is 23.7 Å². The van der Waals surface area contributed by atoms with Gasteiger partial charge in [-0.3, -0.25) is 8.86 Å². The van der Waals surface area contributed by atoms with Gasteiger partial charge < -0.3 is 5.11 Å². The highest BCUT2D eigenvalue weighted by atomic mass is 32.2.